The van der Waals surface area contributed by atoms with Gasteiger partial charge in [0.05, 0.1) is 6.61 Å². The van der Waals surface area contributed by atoms with Gasteiger partial charge < -0.3 is 15.0 Å². The average molecular weight is 239 g/mol. The maximum atomic E-state index is 9.54. The monoisotopic (exact) mass is 239 g/mol. The summed E-state index contributed by atoms with van der Waals surface area (Å²) in [7, 11) is 0. The number of aliphatic hydroxyl groups is 1. The van der Waals surface area contributed by atoms with Gasteiger partial charge in [0.2, 0.25) is 0 Å². The minimum atomic E-state index is -0.216. The molecule has 0 aromatic carbocycles. The number of aromatic nitrogens is 2. The molecule has 0 amide bonds. The van der Waals surface area contributed by atoms with Gasteiger partial charge in [-0.1, -0.05) is 6.92 Å². The second-order valence-corrected chi connectivity index (χ2v) is 5.08. The first kappa shape index (κ1) is 14.2. The van der Waals surface area contributed by atoms with E-state index >= 15 is 0 Å². The molecule has 0 aliphatic heterocycles. The van der Waals surface area contributed by atoms with E-state index in [0.717, 1.165) is 25.2 Å². The van der Waals surface area contributed by atoms with Crippen molar-refractivity contribution in [2.45, 2.75) is 52.1 Å². The normalized spacial score (nSPS) is 16.8. The van der Waals surface area contributed by atoms with Crippen LogP contribution in [0.25, 0.3) is 0 Å². The van der Waals surface area contributed by atoms with Crippen molar-refractivity contribution in [2.75, 3.05) is 13.2 Å². The lowest BCUT2D eigenvalue weighted by Crippen LogP contribution is -2.47. The smallest absolute Gasteiger partial charge is 0.105 e. The Labute approximate surface area is 104 Å². The number of nitrogens with one attached hydrogen (secondary N) is 1. The lowest BCUT2D eigenvalue weighted by molar-refractivity contribution is 0.151. The van der Waals surface area contributed by atoms with Crippen LogP contribution in [0.15, 0.2) is 12.4 Å². The predicted molar refractivity (Wildman–Crippen MR) is 70.1 cm³/mol. The van der Waals surface area contributed by atoms with Crippen LogP contribution >= 0.6 is 0 Å². The molecule has 4 nitrogen and oxygen atoms in total. The number of rotatable bonds is 7. The van der Waals surface area contributed by atoms with Crippen LogP contribution in [0.2, 0.25) is 0 Å². The van der Waals surface area contributed by atoms with Gasteiger partial charge in [0.1, 0.15) is 5.82 Å². The second kappa shape index (κ2) is 6.17. The molecule has 0 radical (unpaired) electrons. The van der Waals surface area contributed by atoms with Crippen molar-refractivity contribution < 1.29 is 5.11 Å². The molecule has 0 aliphatic rings. The topological polar surface area (TPSA) is 50.1 Å². The largest absolute Gasteiger partial charge is 0.394 e. The molecule has 2 N–H and O–H groups in total. The summed E-state index contributed by atoms with van der Waals surface area (Å²) in [5.74, 6) is 1.02. The number of hydrogen-bond acceptors (Lipinski definition) is 3. The molecular weight excluding hydrogens is 214 g/mol. The highest BCUT2D eigenvalue weighted by Crippen LogP contribution is 2.21. The molecule has 4 heteroatoms. The number of aliphatic hydroxyl groups excluding tert-OH is 1. The molecule has 2 unspecified atom stereocenters. The molecule has 0 fully saturated rings. The van der Waals surface area contributed by atoms with E-state index in [1.54, 1.807) is 0 Å². The van der Waals surface area contributed by atoms with Crippen LogP contribution in [-0.4, -0.2) is 33.3 Å². The van der Waals surface area contributed by atoms with E-state index in [2.05, 4.69) is 35.6 Å². The van der Waals surface area contributed by atoms with Crippen LogP contribution in [0, 0.1) is 6.92 Å². The third kappa shape index (κ3) is 3.82. The fraction of sp³-hybridized carbons (Fsp3) is 0.769. The van der Waals surface area contributed by atoms with E-state index in [-0.39, 0.29) is 12.1 Å². The van der Waals surface area contributed by atoms with Crippen molar-refractivity contribution in [3.05, 3.63) is 18.2 Å². The van der Waals surface area contributed by atoms with Crippen LogP contribution in [-0.2, 0) is 0 Å². The van der Waals surface area contributed by atoms with Gasteiger partial charge >= 0.3 is 0 Å². The van der Waals surface area contributed by atoms with Crippen molar-refractivity contribution in [1.82, 2.24) is 14.9 Å². The molecule has 1 aromatic rings. The van der Waals surface area contributed by atoms with Gasteiger partial charge in [-0.25, -0.2) is 4.98 Å². The highest BCUT2D eigenvalue weighted by molar-refractivity contribution is 4.94. The summed E-state index contributed by atoms with van der Waals surface area (Å²) in [6.45, 7) is 9.47. The number of aryl methyl sites for hydroxylation is 1. The molecule has 0 saturated carbocycles. The SMILES string of the molecule is CCCNC(C)(CO)CC(C)n1ccnc1C. The first-order chi connectivity index (χ1) is 8.02. The maximum absolute atomic E-state index is 9.54. The van der Waals surface area contributed by atoms with Gasteiger partial charge in [0.25, 0.3) is 0 Å². The highest BCUT2D eigenvalue weighted by Gasteiger charge is 2.25. The van der Waals surface area contributed by atoms with E-state index in [1.807, 2.05) is 19.3 Å². The molecular formula is C13H25N3O. The fourth-order valence-corrected chi connectivity index (χ4v) is 2.22. The van der Waals surface area contributed by atoms with Crippen LogP contribution in [0.4, 0.5) is 0 Å². The summed E-state index contributed by atoms with van der Waals surface area (Å²) in [6, 6.07) is 0.332. The van der Waals surface area contributed by atoms with E-state index in [4.69, 9.17) is 0 Å². The predicted octanol–water partition coefficient (Wildman–Crippen LogP) is 1.89. The Kier molecular flexibility index (Phi) is 5.15. The second-order valence-electron chi connectivity index (χ2n) is 5.08. The summed E-state index contributed by atoms with van der Waals surface area (Å²) < 4.78 is 2.15. The lowest BCUT2D eigenvalue weighted by Gasteiger charge is -2.32. The van der Waals surface area contributed by atoms with Gasteiger partial charge in [0, 0.05) is 24.0 Å². The minimum Gasteiger partial charge on any atom is -0.394 e. The van der Waals surface area contributed by atoms with Gasteiger partial charge in [-0.15, -0.1) is 0 Å². The van der Waals surface area contributed by atoms with Crippen molar-refractivity contribution in [3.63, 3.8) is 0 Å². The molecule has 1 rings (SSSR count). The van der Waals surface area contributed by atoms with Gasteiger partial charge in [-0.05, 0) is 40.2 Å². The standard InChI is InChI=1S/C13H25N3O/c1-5-6-15-13(4,10-17)9-11(2)16-8-7-14-12(16)3/h7-8,11,15,17H,5-6,9-10H2,1-4H3. The molecule has 1 heterocycles. The van der Waals surface area contributed by atoms with E-state index < -0.39 is 0 Å². The molecule has 2 atom stereocenters. The summed E-state index contributed by atoms with van der Waals surface area (Å²) in [4.78, 5) is 4.24. The molecule has 0 aliphatic carbocycles. The summed E-state index contributed by atoms with van der Waals surface area (Å²) in [5.41, 5.74) is -0.216. The molecule has 0 bridgehead atoms. The molecule has 0 saturated heterocycles. The Morgan fingerprint density at radius 2 is 2.29 bits per heavy atom. The van der Waals surface area contributed by atoms with Gasteiger partial charge in [-0.3, -0.25) is 0 Å². The Morgan fingerprint density at radius 1 is 1.59 bits per heavy atom. The van der Waals surface area contributed by atoms with Crippen LogP contribution in [0.5, 0.6) is 0 Å². The highest BCUT2D eigenvalue weighted by atomic mass is 16.3. The number of imidazole rings is 1. The molecule has 98 valence electrons. The van der Waals surface area contributed by atoms with Gasteiger partial charge in [0.15, 0.2) is 0 Å². The third-order valence-corrected chi connectivity index (χ3v) is 3.23. The first-order valence-electron chi connectivity index (χ1n) is 6.37. The summed E-state index contributed by atoms with van der Waals surface area (Å²) in [6.07, 6.45) is 5.79. The van der Waals surface area contributed by atoms with E-state index in [0.29, 0.717) is 6.04 Å². The van der Waals surface area contributed by atoms with Crippen LogP contribution < -0.4 is 5.32 Å². The Hall–Kier alpha value is -0.870. The van der Waals surface area contributed by atoms with Crippen molar-refractivity contribution in [3.8, 4) is 0 Å². The van der Waals surface area contributed by atoms with E-state index in [1.165, 1.54) is 0 Å². The zero-order chi connectivity index (χ0) is 12.9. The zero-order valence-corrected chi connectivity index (χ0v) is 11.4. The maximum Gasteiger partial charge on any atom is 0.105 e. The fourth-order valence-electron chi connectivity index (χ4n) is 2.22. The Balaban J connectivity index is 2.65. The van der Waals surface area contributed by atoms with Crippen molar-refractivity contribution in [1.29, 1.82) is 0 Å². The molecule has 17 heavy (non-hydrogen) atoms. The van der Waals surface area contributed by atoms with Crippen molar-refractivity contribution in [2.24, 2.45) is 0 Å². The third-order valence-electron chi connectivity index (χ3n) is 3.23. The van der Waals surface area contributed by atoms with Gasteiger partial charge in [-0.2, -0.15) is 0 Å². The first-order valence-corrected chi connectivity index (χ1v) is 6.37. The molecule has 0 spiro atoms. The average Bonchev–Trinajstić information content (AvgIpc) is 2.73. The zero-order valence-electron chi connectivity index (χ0n) is 11.4. The van der Waals surface area contributed by atoms with Crippen LogP contribution in [0.1, 0.15) is 45.5 Å². The summed E-state index contributed by atoms with van der Waals surface area (Å²) >= 11 is 0. The molecule has 1 aromatic heterocycles. The van der Waals surface area contributed by atoms with E-state index in [9.17, 15) is 5.11 Å². The Morgan fingerprint density at radius 3 is 2.76 bits per heavy atom. The van der Waals surface area contributed by atoms with Crippen LogP contribution in [0.3, 0.4) is 0 Å². The Bertz CT molecular complexity index is 337. The minimum absolute atomic E-state index is 0.158. The number of nitrogens with zero attached hydrogens (tertiary/aromatic N) is 2. The quantitative estimate of drug-likeness (QED) is 0.764. The van der Waals surface area contributed by atoms with Crippen molar-refractivity contribution >= 4 is 0 Å². The lowest BCUT2D eigenvalue weighted by atomic mass is 9.94. The summed E-state index contributed by atoms with van der Waals surface area (Å²) in [5, 5.41) is 13.0. The number of hydrogen-bond donors (Lipinski definition) is 2.